The van der Waals surface area contributed by atoms with Crippen LogP contribution in [0.1, 0.15) is 23.6 Å². The monoisotopic (exact) mass is 369 g/mol. The number of thioether (sulfide) groups is 1. The van der Waals surface area contributed by atoms with Crippen LogP contribution >= 0.6 is 11.8 Å². The molecule has 26 heavy (non-hydrogen) atoms. The van der Waals surface area contributed by atoms with Crippen molar-refractivity contribution in [2.45, 2.75) is 20.8 Å². The van der Waals surface area contributed by atoms with Crippen LogP contribution in [0.25, 0.3) is 6.08 Å². The fourth-order valence-corrected chi connectivity index (χ4v) is 3.53. The first kappa shape index (κ1) is 18.1. The van der Waals surface area contributed by atoms with Gasteiger partial charge in [0.25, 0.3) is 11.1 Å². The smallest absolute Gasteiger partial charge is 0.298 e. The molecule has 0 aliphatic carbocycles. The summed E-state index contributed by atoms with van der Waals surface area (Å²) in [4.78, 5) is 26.8. The highest BCUT2D eigenvalue weighted by Gasteiger charge is 2.37. The van der Waals surface area contributed by atoms with Gasteiger partial charge in [0.2, 0.25) is 0 Å². The number of benzene rings is 2. The minimum Gasteiger partial charge on any atom is -0.504 e. The van der Waals surface area contributed by atoms with E-state index in [9.17, 15) is 14.7 Å². The number of phenolic OH excluding ortho intramolecular Hbond substituents is 1. The van der Waals surface area contributed by atoms with Crippen molar-refractivity contribution in [3.8, 4) is 11.5 Å². The van der Waals surface area contributed by atoms with E-state index < -0.39 is 0 Å². The number of aryl methyl sites for hydroxylation is 1. The van der Waals surface area contributed by atoms with Crippen molar-refractivity contribution in [2.75, 3.05) is 11.5 Å². The highest BCUT2D eigenvalue weighted by molar-refractivity contribution is 8.19. The van der Waals surface area contributed by atoms with Crippen molar-refractivity contribution < 1.29 is 19.4 Å². The van der Waals surface area contributed by atoms with E-state index in [0.717, 1.165) is 22.9 Å². The summed E-state index contributed by atoms with van der Waals surface area (Å²) in [5.74, 6) is 0.0298. The molecule has 134 valence electrons. The molecule has 0 aromatic heterocycles. The molecule has 2 aromatic carbocycles. The molecule has 2 amide bonds. The summed E-state index contributed by atoms with van der Waals surface area (Å²) in [6.07, 6.45) is 1.64. The predicted molar refractivity (Wildman–Crippen MR) is 104 cm³/mol. The maximum absolute atomic E-state index is 12.8. The van der Waals surface area contributed by atoms with Gasteiger partial charge >= 0.3 is 0 Å². The molecule has 0 bridgehead atoms. The Hall–Kier alpha value is -2.73. The zero-order chi connectivity index (χ0) is 18.8. The van der Waals surface area contributed by atoms with Crippen molar-refractivity contribution >= 4 is 34.7 Å². The topological polar surface area (TPSA) is 66.8 Å². The fraction of sp³-hybridized carbons (Fsp3) is 0.200. The van der Waals surface area contributed by atoms with Crippen molar-refractivity contribution in [2.24, 2.45) is 0 Å². The number of hydrogen-bond acceptors (Lipinski definition) is 5. The zero-order valence-corrected chi connectivity index (χ0v) is 15.6. The highest BCUT2D eigenvalue weighted by Crippen LogP contribution is 2.38. The average Bonchev–Trinajstić information content (AvgIpc) is 2.87. The Bertz CT molecular complexity index is 920. The summed E-state index contributed by atoms with van der Waals surface area (Å²) >= 11 is 0.905. The normalized spacial score (nSPS) is 15.8. The molecule has 1 aliphatic heterocycles. The van der Waals surface area contributed by atoms with E-state index in [2.05, 4.69) is 0 Å². The lowest BCUT2D eigenvalue weighted by atomic mass is 10.1. The van der Waals surface area contributed by atoms with Crippen LogP contribution in [-0.2, 0) is 4.79 Å². The number of carbonyl (C=O) groups excluding carboxylic acids is 2. The SMILES string of the molecule is CCOc1cc(/C=C2\SC(=O)N(c3cccc(C)c3C)C2=O)ccc1O. The maximum atomic E-state index is 12.8. The summed E-state index contributed by atoms with van der Waals surface area (Å²) in [7, 11) is 0. The number of hydrogen-bond donors (Lipinski definition) is 1. The van der Waals surface area contributed by atoms with Crippen molar-refractivity contribution in [3.05, 3.63) is 58.0 Å². The number of imide groups is 1. The zero-order valence-electron chi connectivity index (χ0n) is 14.8. The molecule has 0 spiro atoms. The van der Waals surface area contributed by atoms with Crippen LogP contribution in [0.3, 0.4) is 0 Å². The minimum absolute atomic E-state index is 0.0347. The van der Waals surface area contributed by atoms with Gasteiger partial charge < -0.3 is 9.84 Å². The molecule has 0 atom stereocenters. The molecule has 3 rings (SSSR count). The molecule has 1 fully saturated rings. The Morgan fingerprint density at radius 2 is 1.96 bits per heavy atom. The second-order valence-corrected chi connectivity index (χ2v) is 6.89. The van der Waals surface area contributed by atoms with Gasteiger partial charge in [-0.3, -0.25) is 9.59 Å². The Kier molecular flexibility index (Phi) is 5.04. The van der Waals surface area contributed by atoms with Crippen molar-refractivity contribution in [1.82, 2.24) is 0 Å². The van der Waals surface area contributed by atoms with Gasteiger partial charge in [0, 0.05) is 0 Å². The van der Waals surface area contributed by atoms with Crippen LogP contribution in [0.2, 0.25) is 0 Å². The van der Waals surface area contributed by atoms with Gasteiger partial charge in [-0.25, -0.2) is 4.90 Å². The van der Waals surface area contributed by atoms with Gasteiger partial charge in [0.1, 0.15) is 0 Å². The molecule has 2 aromatic rings. The van der Waals surface area contributed by atoms with E-state index in [1.165, 1.54) is 11.0 Å². The molecule has 0 saturated carbocycles. The van der Waals surface area contributed by atoms with Gasteiger partial charge in [-0.2, -0.15) is 0 Å². The predicted octanol–water partition coefficient (Wildman–Crippen LogP) is 4.65. The Morgan fingerprint density at radius 3 is 2.69 bits per heavy atom. The number of nitrogens with zero attached hydrogens (tertiary/aromatic N) is 1. The summed E-state index contributed by atoms with van der Waals surface area (Å²) in [6, 6.07) is 10.4. The Morgan fingerprint density at radius 1 is 1.19 bits per heavy atom. The lowest BCUT2D eigenvalue weighted by Gasteiger charge is -2.16. The lowest BCUT2D eigenvalue weighted by molar-refractivity contribution is -0.113. The molecule has 1 N–H and O–H groups in total. The molecular formula is C20H19NO4S. The van der Waals surface area contributed by atoms with Crippen LogP contribution in [-0.4, -0.2) is 22.9 Å². The van der Waals surface area contributed by atoms with E-state index in [0.29, 0.717) is 28.5 Å². The van der Waals surface area contributed by atoms with Gasteiger partial charge in [0.05, 0.1) is 17.2 Å². The number of amides is 2. The summed E-state index contributed by atoms with van der Waals surface area (Å²) in [5, 5.41) is 9.47. The van der Waals surface area contributed by atoms with E-state index in [1.54, 1.807) is 24.3 Å². The van der Waals surface area contributed by atoms with E-state index in [-0.39, 0.29) is 16.9 Å². The second kappa shape index (κ2) is 7.25. The highest BCUT2D eigenvalue weighted by atomic mass is 32.2. The van der Waals surface area contributed by atoms with Crippen LogP contribution in [0.5, 0.6) is 11.5 Å². The summed E-state index contributed by atoms with van der Waals surface area (Å²) in [5.41, 5.74) is 3.21. The minimum atomic E-state index is -0.347. The van der Waals surface area contributed by atoms with E-state index in [4.69, 9.17) is 4.74 Å². The van der Waals surface area contributed by atoms with Crippen LogP contribution in [0.4, 0.5) is 10.5 Å². The number of ether oxygens (including phenoxy) is 1. The Balaban J connectivity index is 1.95. The number of rotatable bonds is 4. The van der Waals surface area contributed by atoms with E-state index in [1.807, 2.05) is 32.9 Å². The molecule has 0 unspecified atom stereocenters. The number of carbonyl (C=O) groups is 2. The van der Waals surface area contributed by atoms with Gasteiger partial charge in [0.15, 0.2) is 11.5 Å². The third kappa shape index (κ3) is 3.32. The summed E-state index contributed by atoms with van der Waals surface area (Å²) < 4.78 is 5.36. The molecule has 1 saturated heterocycles. The third-order valence-electron chi connectivity index (χ3n) is 4.19. The first-order valence-corrected chi connectivity index (χ1v) is 9.04. The number of phenols is 1. The number of aromatic hydroxyl groups is 1. The quantitative estimate of drug-likeness (QED) is 0.795. The van der Waals surface area contributed by atoms with Gasteiger partial charge in [-0.1, -0.05) is 18.2 Å². The Labute approximate surface area is 156 Å². The van der Waals surface area contributed by atoms with Crippen LogP contribution < -0.4 is 9.64 Å². The lowest BCUT2D eigenvalue weighted by Crippen LogP contribution is -2.28. The van der Waals surface area contributed by atoms with Crippen LogP contribution in [0.15, 0.2) is 41.3 Å². The maximum Gasteiger partial charge on any atom is 0.298 e. The van der Waals surface area contributed by atoms with Crippen molar-refractivity contribution in [1.29, 1.82) is 0 Å². The molecular weight excluding hydrogens is 350 g/mol. The molecule has 5 nitrogen and oxygen atoms in total. The van der Waals surface area contributed by atoms with Gasteiger partial charge in [-0.05, 0) is 73.5 Å². The van der Waals surface area contributed by atoms with Gasteiger partial charge in [-0.15, -0.1) is 0 Å². The first-order chi connectivity index (χ1) is 12.4. The third-order valence-corrected chi connectivity index (χ3v) is 5.06. The molecule has 1 aliphatic rings. The van der Waals surface area contributed by atoms with Crippen LogP contribution in [0, 0.1) is 13.8 Å². The van der Waals surface area contributed by atoms with E-state index >= 15 is 0 Å². The molecule has 0 radical (unpaired) electrons. The average molecular weight is 369 g/mol. The largest absolute Gasteiger partial charge is 0.504 e. The first-order valence-electron chi connectivity index (χ1n) is 8.22. The fourth-order valence-electron chi connectivity index (χ4n) is 2.70. The second-order valence-electron chi connectivity index (χ2n) is 5.90. The van der Waals surface area contributed by atoms with Crippen molar-refractivity contribution in [3.63, 3.8) is 0 Å². The molecule has 1 heterocycles. The standard InChI is InChI=1S/C20H19NO4S/c1-4-25-17-10-14(8-9-16(17)22)11-18-19(23)21(20(24)26-18)15-7-5-6-12(2)13(15)3/h5-11,22H,4H2,1-3H3/b18-11-. The molecule has 6 heteroatoms. The number of anilines is 1. The summed E-state index contributed by atoms with van der Waals surface area (Å²) in [6.45, 7) is 6.08.